The summed E-state index contributed by atoms with van der Waals surface area (Å²) in [5.74, 6) is 0.181. The molecule has 22 heteroatoms. The van der Waals surface area contributed by atoms with E-state index in [4.69, 9.17) is 11.6 Å². The van der Waals surface area contributed by atoms with Crippen molar-refractivity contribution in [3.8, 4) is 0 Å². The first-order chi connectivity index (χ1) is 43.0. The van der Waals surface area contributed by atoms with E-state index in [9.17, 15) is 16.8 Å². The van der Waals surface area contributed by atoms with Crippen molar-refractivity contribution in [3.63, 3.8) is 0 Å². The molecule has 0 aromatic heterocycles. The first-order valence-electron chi connectivity index (χ1n) is 33.6. The van der Waals surface area contributed by atoms with Gasteiger partial charge in [-0.15, -0.1) is 0 Å². The Morgan fingerprint density at radius 3 is 1.70 bits per heavy atom. The second-order valence-electron chi connectivity index (χ2n) is 27.7. The van der Waals surface area contributed by atoms with Crippen LogP contribution in [0.2, 0.25) is 5.02 Å². The molecule has 4 aromatic rings. The van der Waals surface area contributed by atoms with E-state index < -0.39 is 40.5 Å². The van der Waals surface area contributed by atoms with Gasteiger partial charge < -0.3 is 14.7 Å². The second kappa shape index (κ2) is 30.9. The lowest BCUT2D eigenvalue weighted by atomic mass is 9.71. The molecule has 17 nitrogen and oxygen atoms in total. The molecule has 0 N–H and O–H groups in total. The van der Waals surface area contributed by atoms with Gasteiger partial charge in [0.25, 0.3) is 20.4 Å². The van der Waals surface area contributed by atoms with Crippen LogP contribution in [0.25, 0.3) is 0 Å². The second-order valence-corrected chi connectivity index (χ2v) is 35.9. The van der Waals surface area contributed by atoms with Crippen LogP contribution in [0.3, 0.4) is 0 Å². The number of sulfonamides is 2. The smallest absolute Gasteiger partial charge is 0.282 e. The van der Waals surface area contributed by atoms with Crippen LogP contribution in [0, 0.1) is 29.6 Å². The third-order valence-corrected chi connectivity index (χ3v) is 28.2. The molecule has 10 rings (SSSR count). The molecule has 90 heavy (non-hydrogen) atoms. The number of hydrogen-bond acceptors (Lipinski definition) is 11. The van der Waals surface area contributed by atoms with Crippen LogP contribution in [0.1, 0.15) is 138 Å². The Kier molecular flexibility index (Phi) is 23.8. The van der Waals surface area contributed by atoms with Gasteiger partial charge >= 0.3 is 0 Å². The molecule has 0 spiro atoms. The Balaban J connectivity index is 0.879. The average molecular weight is 1340 g/mol. The van der Waals surface area contributed by atoms with Gasteiger partial charge in [0.15, 0.2) is 0 Å². The Labute approximate surface area is 546 Å². The summed E-state index contributed by atoms with van der Waals surface area (Å²) in [5, 5.41) is 0.620. The number of fused-ring (bicyclic) bond motifs is 2. The standard InChI is InChI=1S/C68H102ClN9O8S4/c1-54-44-73(87(79,80)53-58-21-10-7-11-22-58)37-15-33-71(48-57-19-8-6-9-20-57)35-17-39-75(46-54)89(83,84)77-50-63-27-28-64(69)43-67(63)68(52-77)61-26-14-23-59(42-61)49-72-34-16-38-74(88(81,82)66-31-29-65(30-32-66)70(4)5)45-55(2)47-76(40-18-36-72)90(85,86)78-51-62-25-13-12-24-60(62)41-56(78)3/h7,10-13,21-22,24-25,27-32,43,54-57,59,61,68H,6,8-9,14-20,23,26,33-42,44-53H2,1-5H3/t54-,55-,56?,59?,61?,68?/m0/s1. The van der Waals surface area contributed by atoms with Crippen LogP contribution in [0.4, 0.5) is 5.69 Å². The zero-order chi connectivity index (χ0) is 63.8. The molecule has 0 bridgehead atoms. The molecule has 2 saturated carbocycles. The predicted octanol–water partition coefficient (Wildman–Crippen LogP) is 10.2. The molecule has 498 valence electrons. The van der Waals surface area contributed by atoms with Crippen LogP contribution < -0.4 is 4.90 Å². The monoisotopic (exact) mass is 1340 g/mol. The van der Waals surface area contributed by atoms with Gasteiger partial charge in [0, 0.05) is 122 Å². The van der Waals surface area contributed by atoms with E-state index >= 15 is 16.8 Å². The van der Waals surface area contributed by atoms with E-state index in [0.29, 0.717) is 82.3 Å². The van der Waals surface area contributed by atoms with E-state index in [-0.39, 0.29) is 92.1 Å². The third kappa shape index (κ3) is 17.5. The predicted molar refractivity (Wildman–Crippen MR) is 363 cm³/mol. The number of benzene rings is 4. The maximum Gasteiger partial charge on any atom is 0.282 e. The average Bonchev–Trinajstić information content (AvgIpc) is 1.22. The number of hydrogen-bond donors (Lipinski definition) is 0. The normalized spacial score (nSPS) is 26.5. The molecule has 2 saturated heterocycles. The molecule has 4 aliphatic heterocycles. The van der Waals surface area contributed by atoms with Crippen molar-refractivity contribution in [2.75, 3.05) is 117 Å². The summed E-state index contributed by atoms with van der Waals surface area (Å²) in [7, 11) is -11.9. The van der Waals surface area contributed by atoms with Gasteiger partial charge in [-0.25, -0.2) is 21.1 Å². The minimum atomic E-state index is -4.07. The summed E-state index contributed by atoms with van der Waals surface area (Å²) in [5.41, 5.74) is 5.84. The Morgan fingerprint density at radius 1 is 0.500 bits per heavy atom. The molecule has 0 radical (unpaired) electrons. The molecule has 6 aliphatic rings. The highest BCUT2D eigenvalue weighted by Gasteiger charge is 2.43. The first kappa shape index (κ1) is 69.3. The SMILES string of the molecule is CC1Cc2ccccc2CN1S(=O)(=O)N1CCCN(CC2CCCC(C3CN(S(=O)(=O)N4CCCN(CC5CCCCC5)CCCN(S(=O)(=O)Cc5ccccc5)C[C@H](C)C4)Cc4ccc(Cl)cc43)C2)CCCN(S(=O)(=O)c2ccc(N(C)C)cc2)C[C@H](C)C1. The van der Waals surface area contributed by atoms with Crippen molar-refractivity contribution in [1.82, 2.24) is 35.6 Å². The van der Waals surface area contributed by atoms with Crippen LogP contribution in [-0.4, -0.2) is 188 Å². The Bertz CT molecular complexity index is 3460. The van der Waals surface area contributed by atoms with E-state index in [2.05, 4.69) is 21.9 Å². The Hall–Kier alpha value is -3.55. The topological polar surface area (TPSA) is 166 Å². The Morgan fingerprint density at radius 2 is 1.06 bits per heavy atom. The fourth-order valence-electron chi connectivity index (χ4n) is 15.6. The maximum atomic E-state index is 15.7. The molecule has 6 atom stereocenters. The molecule has 4 heterocycles. The molecular formula is C68H102ClN9O8S4. The fourth-order valence-corrected chi connectivity index (χ4v) is 22.8. The minimum absolute atomic E-state index is 0.106. The van der Waals surface area contributed by atoms with E-state index in [1.54, 1.807) is 38.0 Å². The molecule has 0 amide bonds. The van der Waals surface area contributed by atoms with Crippen LogP contribution in [0.15, 0.2) is 102 Å². The lowest BCUT2D eigenvalue weighted by Crippen LogP contribution is -2.52. The zero-order valence-electron chi connectivity index (χ0n) is 54.2. The summed E-state index contributed by atoms with van der Waals surface area (Å²) in [4.78, 5) is 7.06. The lowest BCUT2D eigenvalue weighted by Gasteiger charge is -2.43. The van der Waals surface area contributed by atoms with Gasteiger partial charge in [-0.2, -0.15) is 38.4 Å². The molecule has 2 aliphatic carbocycles. The van der Waals surface area contributed by atoms with Crippen LogP contribution >= 0.6 is 11.6 Å². The number of rotatable bonds is 15. The van der Waals surface area contributed by atoms with Crippen molar-refractivity contribution in [2.24, 2.45) is 29.6 Å². The fraction of sp³-hybridized carbons (Fsp3) is 0.647. The molecule has 4 aromatic carbocycles. The van der Waals surface area contributed by atoms with Gasteiger partial charge in [-0.3, -0.25) is 0 Å². The summed E-state index contributed by atoms with van der Waals surface area (Å²) in [6.45, 7) is 13.2. The number of nitrogens with zero attached hydrogens (tertiary/aromatic N) is 9. The van der Waals surface area contributed by atoms with E-state index in [1.807, 2.05) is 113 Å². The van der Waals surface area contributed by atoms with Gasteiger partial charge in [0.05, 0.1) is 10.6 Å². The van der Waals surface area contributed by atoms with Gasteiger partial charge in [-0.1, -0.05) is 112 Å². The summed E-state index contributed by atoms with van der Waals surface area (Å²) < 4.78 is 129. The largest absolute Gasteiger partial charge is 0.378 e. The van der Waals surface area contributed by atoms with Gasteiger partial charge in [0.1, 0.15) is 0 Å². The minimum Gasteiger partial charge on any atom is -0.378 e. The highest BCUT2D eigenvalue weighted by molar-refractivity contribution is 7.89. The zero-order valence-corrected chi connectivity index (χ0v) is 58.2. The van der Waals surface area contributed by atoms with Crippen molar-refractivity contribution >= 4 is 57.8 Å². The molecule has 4 unspecified atom stereocenters. The maximum absolute atomic E-state index is 15.7. The van der Waals surface area contributed by atoms with E-state index in [0.717, 1.165) is 85.4 Å². The summed E-state index contributed by atoms with van der Waals surface area (Å²) >= 11 is 6.85. The van der Waals surface area contributed by atoms with Crippen molar-refractivity contribution in [2.45, 2.75) is 146 Å². The molecular weight excluding hydrogens is 1230 g/mol. The molecule has 4 fully saturated rings. The highest BCUT2D eigenvalue weighted by Crippen LogP contribution is 2.45. The number of halogens is 1. The number of anilines is 1. The highest BCUT2D eigenvalue weighted by atomic mass is 35.5. The van der Waals surface area contributed by atoms with Gasteiger partial charge in [0.2, 0.25) is 20.0 Å². The van der Waals surface area contributed by atoms with Crippen LogP contribution in [-0.2, 0) is 65.7 Å². The third-order valence-electron chi connectivity index (χ3n) is 20.3. The first-order valence-corrected chi connectivity index (χ1v) is 39.9. The van der Waals surface area contributed by atoms with Crippen LogP contribution in [0.5, 0.6) is 0 Å². The van der Waals surface area contributed by atoms with Crippen molar-refractivity contribution < 1.29 is 33.7 Å². The quantitative estimate of drug-likeness (QED) is 0.111. The van der Waals surface area contributed by atoms with Gasteiger partial charge in [-0.05, 0) is 191 Å². The lowest BCUT2D eigenvalue weighted by molar-refractivity contribution is 0.142. The summed E-state index contributed by atoms with van der Waals surface area (Å²) in [6, 6.07) is 30.0. The van der Waals surface area contributed by atoms with Crippen molar-refractivity contribution in [3.05, 3.63) is 130 Å². The van der Waals surface area contributed by atoms with E-state index in [1.165, 1.54) is 32.1 Å². The summed E-state index contributed by atoms with van der Waals surface area (Å²) in [6.07, 6.45) is 13.1. The van der Waals surface area contributed by atoms with Crippen molar-refractivity contribution in [1.29, 1.82) is 0 Å².